The Labute approximate surface area is 287 Å². The van der Waals surface area contributed by atoms with Gasteiger partial charge in [0.1, 0.15) is 18.3 Å². The van der Waals surface area contributed by atoms with Gasteiger partial charge in [0.2, 0.25) is 11.8 Å². The van der Waals surface area contributed by atoms with E-state index in [1.54, 1.807) is 61.5 Å². The van der Waals surface area contributed by atoms with Crippen LogP contribution in [0.2, 0.25) is 5.02 Å². The number of carbonyl (C=O) groups excluding carboxylic acids is 2. The van der Waals surface area contributed by atoms with Gasteiger partial charge in [0.05, 0.1) is 17.2 Å². The van der Waals surface area contributed by atoms with Crippen LogP contribution in [0.15, 0.2) is 113 Å². The summed E-state index contributed by atoms with van der Waals surface area (Å²) in [6.45, 7) is 3.92. The number of nitrogens with zero attached hydrogens (tertiary/aromatic N) is 2. The van der Waals surface area contributed by atoms with E-state index in [1.165, 1.54) is 28.8 Å². The van der Waals surface area contributed by atoms with Gasteiger partial charge in [-0.3, -0.25) is 13.9 Å². The summed E-state index contributed by atoms with van der Waals surface area (Å²) in [6.07, 6.45) is 2.84. The van der Waals surface area contributed by atoms with Crippen molar-refractivity contribution in [3.05, 3.63) is 119 Å². The molecule has 0 heterocycles. The first-order valence-electron chi connectivity index (χ1n) is 15.4. The summed E-state index contributed by atoms with van der Waals surface area (Å²) in [5, 5.41) is 3.43. The molecule has 4 aromatic carbocycles. The van der Waals surface area contributed by atoms with Crippen LogP contribution in [-0.2, 0) is 32.6 Å². The van der Waals surface area contributed by atoms with Crippen LogP contribution in [0.4, 0.5) is 5.69 Å². The van der Waals surface area contributed by atoms with Gasteiger partial charge < -0.3 is 15.0 Å². The highest BCUT2D eigenvalue weighted by molar-refractivity contribution is 7.98. The Balaban J connectivity index is 1.83. The highest BCUT2D eigenvalue weighted by Gasteiger charge is 2.35. The largest absolute Gasteiger partial charge is 0.492 e. The van der Waals surface area contributed by atoms with Crippen molar-refractivity contribution in [3.8, 4) is 5.75 Å². The topological polar surface area (TPSA) is 96.0 Å². The molecule has 4 aromatic rings. The first-order chi connectivity index (χ1) is 22.7. The van der Waals surface area contributed by atoms with Gasteiger partial charge in [0.15, 0.2) is 0 Å². The number of amides is 2. The number of carbonyl (C=O) groups is 2. The number of anilines is 1. The molecule has 47 heavy (non-hydrogen) atoms. The van der Waals surface area contributed by atoms with Crippen molar-refractivity contribution >= 4 is 50.9 Å². The van der Waals surface area contributed by atoms with Gasteiger partial charge in [0.25, 0.3) is 10.0 Å². The molecule has 0 spiro atoms. The summed E-state index contributed by atoms with van der Waals surface area (Å²) < 4.78 is 35.7. The fraction of sp³-hybridized carbons (Fsp3) is 0.278. The Bertz CT molecular complexity index is 1740. The molecule has 0 bridgehead atoms. The Morgan fingerprint density at radius 3 is 2.23 bits per heavy atom. The van der Waals surface area contributed by atoms with Crippen LogP contribution < -0.4 is 14.4 Å². The molecule has 0 aliphatic heterocycles. The van der Waals surface area contributed by atoms with E-state index >= 15 is 0 Å². The predicted molar refractivity (Wildman–Crippen MR) is 190 cm³/mol. The molecule has 0 aliphatic carbocycles. The Morgan fingerprint density at radius 1 is 0.894 bits per heavy atom. The molecule has 0 unspecified atom stereocenters. The van der Waals surface area contributed by atoms with Crippen LogP contribution in [0.5, 0.6) is 5.75 Å². The molecule has 1 N–H and O–H groups in total. The Morgan fingerprint density at radius 2 is 1.57 bits per heavy atom. The Kier molecular flexibility index (Phi) is 13.2. The Hall–Kier alpha value is -3.99. The van der Waals surface area contributed by atoms with Gasteiger partial charge in [-0.15, -0.1) is 11.8 Å². The van der Waals surface area contributed by atoms with Crippen molar-refractivity contribution < 1.29 is 22.7 Å². The van der Waals surface area contributed by atoms with E-state index in [0.29, 0.717) is 35.9 Å². The van der Waals surface area contributed by atoms with E-state index in [9.17, 15) is 18.0 Å². The van der Waals surface area contributed by atoms with Crippen molar-refractivity contribution in [1.82, 2.24) is 10.2 Å². The van der Waals surface area contributed by atoms with Crippen molar-refractivity contribution in [2.75, 3.05) is 30.3 Å². The minimum absolute atomic E-state index is 0.0253. The van der Waals surface area contributed by atoms with Crippen LogP contribution in [0.1, 0.15) is 31.4 Å². The van der Waals surface area contributed by atoms with Crippen LogP contribution in [0, 0.1) is 0 Å². The van der Waals surface area contributed by atoms with E-state index in [4.69, 9.17) is 16.3 Å². The zero-order valence-corrected chi connectivity index (χ0v) is 29.2. The van der Waals surface area contributed by atoms with E-state index in [1.807, 2.05) is 49.6 Å². The maximum absolute atomic E-state index is 14.6. The average molecular weight is 694 g/mol. The lowest BCUT2D eigenvalue weighted by Crippen LogP contribution is -2.53. The maximum Gasteiger partial charge on any atom is 0.264 e. The molecule has 0 saturated heterocycles. The second-order valence-corrected chi connectivity index (χ2v) is 13.9. The van der Waals surface area contributed by atoms with Gasteiger partial charge in [-0.05, 0) is 79.3 Å². The minimum atomic E-state index is -4.27. The van der Waals surface area contributed by atoms with E-state index in [0.717, 1.165) is 14.8 Å². The van der Waals surface area contributed by atoms with Crippen molar-refractivity contribution in [2.45, 2.75) is 49.1 Å². The summed E-state index contributed by atoms with van der Waals surface area (Å²) in [7, 11) is -4.27. The van der Waals surface area contributed by atoms with Crippen LogP contribution in [0.3, 0.4) is 0 Å². The number of ether oxygens (including phenoxy) is 1. The molecule has 0 saturated carbocycles. The molecular weight excluding hydrogens is 654 g/mol. The maximum atomic E-state index is 14.6. The number of rotatable bonds is 16. The third-order valence-corrected chi connectivity index (χ3v) is 10.2. The summed E-state index contributed by atoms with van der Waals surface area (Å²) in [6, 6.07) is 28.8. The summed E-state index contributed by atoms with van der Waals surface area (Å²) in [4.78, 5) is 30.8. The number of halogens is 1. The number of hydrogen-bond acceptors (Lipinski definition) is 6. The van der Waals surface area contributed by atoms with Gasteiger partial charge in [-0.1, -0.05) is 73.1 Å². The number of sulfonamides is 1. The molecule has 0 radical (unpaired) electrons. The second-order valence-electron chi connectivity index (χ2n) is 10.7. The molecule has 2 amide bonds. The third-order valence-electron chi connectivity index (χ3n) is 7.42. The molecule has 1 atom stereocenters. The molecule has 4 rings (SSSR count). The fourth-order valence-electron chi connectivity index (χ4n) is 5.08. The first kappa shape index (κ1) is 35.9. The SMILES string of the molecule is CCCNC(=O)[C@@H](Cc1ccccc1)N(Cc1cccc(Cl)c1)C(=O)CN(c1ccccc1OCC)S(=O)(=O)c1ccc(SC)cc1. The van der Waals surface area contributed by atoms with Gasteiger partial charge >= 0.3 is 0 Å². The summed E-state index contributed by atoms with van der Waals surface area (Å²) in [5.74, 6) is -0.578. The molecule has 248 valence electrons. The standard InChI is InChI=1S/C36H40ClN3O5S2/c1-4-22-38-36(42)33(24-27-12-7-6-8-13-27)39(25-28-14-11-15-29(37)23-28)35(41)26-40(32-16-9-10-17-34(32)45-5-2)47(43,44)31-20-18-30(46-3)19-21-31/h6-21,23,33H,4-5,22,24-26H2,1-3H3,(H,38,42)/t33-/m1/s1. The number of thioether (sulfide) groups is 1. The number of hydrogen-bond donors (Lipinski definition) is 1. The van der Waals surface area contributed by atoms with Gasteiger partial charge in [-0.2, -0.15) is 0 Å². The highest BCUT2D eigenvalue weighted by atomic mass is 35.5. The van der Waals surface area contributed by atoms with Crippen molar-refractivity contribution in [3.63, 3.8) is 0 Å². The molecule has 0 aliphatic rings. The smallest absolute Gasteiger partial charge is 0.264 e. The molecule has 11 heteroatoms. The monoisotopic (exact) mass is 693 g/mol. The molecular formula is C36H40ClN3O5S2. The number of para-hydroxylation sites is 2. The first-order valence-corrected chi connectivity index (χ1v) is 18.5. The number of nitrogens with one attached hydrogen (secondary N) is 1. The normalized spacial score (nSPS) is 11.8. The fourth-order valence-corrected chi connectivity index (χ4v) is 7.13. The average Bonchev–Trinajstić information content (AvgIpc) is 3.08. The number of benzene rings is 4. The second kappa shape index (κ2) is 17.2. The van der Waals surface area contributed by atoms with Gasteiger partial charge in [0, 0.05) is 29.4 Å². The summed E-state index contributed by atoms with van der Waals surface area (Å²) in [5.41, 5.74) is 1.77. The quantitative estimate of drug-likeness (QED) is 0.129. The van der Waals surface area contributed by atoms with E-state index in [-0.39, 0.29) is 29.5 Å². The lowest BCUT2D eigenvalue weighted by molar-refractivity contribution is -0.140. The van der Waals surface area contributed by atoms with E-state index in [2.05, 4.69) is 5.32 Å². The lowest BCUT2D eigenvalue weighted by atomic mass is 10.0. The lowest BCUT2D eigenvalue weighted by Gasteiger charge is -2.34. The molecule has 0 fully saturated rings. The van der Waals surface area contributed by atoms with Crippen molar-refractivity contribution in [2.24, 2.45) is 0 Å². The zero-order valence-electron chi connectivity index (χ0n) is 26.8. The van der Waals surface area contributed by atoms with Crippen LogP contribution in [0.25, 0.3) is 0 Å². The zero-order chi connectivity index (χ0) is 33.8. The predicted octanol–water partition coefficient (Wildman–Crippen LogP) is 6.82. The van der Waals surface area contributed by atoms with Crippen LogP contribution in [-0.4, -0.2) is 57.1 Å². The third kappa shape index (κ3) is 9.53. The minimum Gasteiger partial charge on any atom is -0.492 e. The highest BCUT2D eigenvalue weighted by Crippen LogP contribution is 2.33. The molecule has 0 aromatic heterocycles. The summed E-state index contributed by atoms with van der Waals surface area (Å²) >= 11 is 7.82. The van der Waals surface area contributed by atoms with Crippen molar-refractivity contribution in [1.29, 1.82) is 0 Å². The molecule has 8 nitrogen and oxygen atoms in total. The van der Waals surface area contributed by atoms with Crippen LogP contribution >= 0.6 is 23.4 Å². The van der Waals surface area contributed by atoms with E-state index < -0.39 is 28.5 Å². The van der Waals surface area contributed by atoms with Gasteiger partial charge in [-0.25, -0.2) is 8.42 Å².